The quantitative estimate of drug-likeness (QED) is 0.432. The smallest absolute Gasteiger partial charge is 0.191 e. The number of pyridine rings is 1. The van der Waals surface area contributed by atoms with Crippen molar-refractivity contribution in [2.45, 2.75) is 38.8 Å². The van der Waals surface area contributed by atoms with Crippen molar-refractivity contribution in [2.24, 2.45) is 4.99 Å². The van der Waals surface area contributed by atoms with Gasteiger partial charge < -0.3 is 24.5 Å². The first kappa shape index (κ1) is 21.2. The van der Waals surface area contributed by atoms with Gasteiger partial charge in [-0.3, -0.25) is 4.99 Å². The molecule has 2 N–H and O–H groups in total. The molecule has 1 atom stereocenters. The summed E-state index contributed by atoms with van der Waals surface area (Å²) < 4.78 is 13.8. The van der Waals surface area contributed by atoms with E-state index in [-0.39, 0.29) is 6.10 Å². The standard InChI is InChI=1S/C24H31N5O2/c1-18-8-9-19(22(14-18)31-17-21-6-5-13-30-21)15-27-24(25-2)26-11-10-20-16-29-12-4-3-7-23(29)28-20/h3-4,7-9,12,14,16,21H,5-6,10-11,13,15,17H2,1-2H3,(H2,25,26,27). The first-order valence-electron chi connectivity index (χ1n) is 10.9. The van der Waals surface area contributed by atoms with Gasteiger partial charge in [-0.1, -0.05) is 18.2 Å². The minimum Gasteiger partial charge on any atom is -0.491 e. The fraction of sp³-hybridized carbons (Fsp3) is 0.417. The predicted octanol–water partition coefficient (Wildman–Crippen LogP) is 3.11. The number of nitrogens with one attached hydrogen (secondary N) is 2. The summed E-state index contributed by atoms with van der Waals surface area (Å²) in [6.45, 7) is 4.90. The van der Waals surface area contributed by atoms with E-state index < -0.39 is 0 Å². The zero-order valence-electron chi connectivity index (χ0n) is 18.3. The number of nitrogens with zero attached hydrogens (tertiary/aromatic N) is 3. The largest absolute Gasteiger partial charge is 0.491 e. The number of aromatic nitrogens is 2. The number of benzene rings is 1. The zero-order valence-corrected chi connectivity index (χ0v) is 18.3. The molecule has 1 aliphatic rings. The number of aryl methyl sites for hydroxylation is 1. The lowest BCUT2D eigenvalue weighted by molar-refractivity contribution is 0.0676. The fourth-order valence-corrected chi connectivity index (χ4v) is 3.72. The molecule has 31 heavy (non-hydrogen) atoms. The van der Waals surface area contributed by atoms with Gasteiger partial charge in [-0.15, -0.1) is 0 Å². The third kappa shape index (κ3) is 5.76. The van der Waals surface area contributed by atoms with Gasteiger partial charge in [-0.25, -0.2) is 4.98 Å². The highest BCUT2D eigenvalue weighted by Crippen LogP contribution is 2.22. The van der Waals surface area contributed by atoms with Crippen LogP contribution in [0.1, 0.15) is 29.7 Å². The molecule has 7 nitrogen and oxygen atoms in total. The first-order chi connectivity index (χ1) is 15.2. The molecule has 164 valence electrons. The molecule has 0 radical (unpaired) electrons. The Morgan fingerprint density at radius 2 is 2.23 bits per heavy atom. The third-order valence-corrected chi connectivity index (χ3v) is 5.43. The van der Waals surface area contributed by atoms with Crippen molar-refractivity contribution in [3.05, 3.63) is 65.6 Å². The van der Waals surface area contributed by atoms with E-state index >= 15 is 0 Å². The molecule has 0 spiro atoms. The maximum Gasteiger partial charge on any atom is 0.191 e. The molecule has 2 aromatic heterocycles. The van der Waals surface area contributed by atoms with E-state index in [1.54, 1.807) is 7.05 Å². The molecule has 1 aliphatic heterocycles. The van der Waals surface area contributed by atoms with E-state index in [0.717, 1.165) is 61.0 Å². The van der Waals surface area contributed by atoms with Gasteiger partial charge in [0, 0.05) is 51.1 Å². The second-order valence-corrected chi connectivity index (χ2v) is 7.86. The Balaban J connectivity index is 1.28. The molecule has 0 bridgehead atoms. The Bertz CT molecular complexity index is 991. The number of aliphatic imine (C=N–C) groups is 1. The average molecular weight is 422 g/mol. The molecule has 1 aromatic carbocycles. The van der Waals surface area contributed by atoms with Gasteiger partial charge in [0.25, 0.3) is 0 Å². The van der Waals surface area contributed by atoms with Crippen molar-refractivity contribution < 1.29 is 9.47 Å². The molecule has 1 fully saturated rings. The van der Waals surface area contributed by atoms with Crippen LogP contribution in [0.3, 0.4) is 0 Å². The van der Waals surface area contributed by atoms with Gasteiger partial charge in [0.15, 0.2) is 5.96 Å². The van der Waals surface area contributed by atoms with E-state index in [1.165, 1.54) is 5.56 Å². The minimum atomic E-state index is 0.204. The van der Waals surface area contributed by atoms with Crippen LogP contribution in [0.4, 0.5) is 0 Å². The highest BCUT2D eigenvalue weighted by Gasteiger charge is 2.17. The summed E-state index contributed by atoms with van der Waals surface area (Å²) in [7, 11) is 1.78. The number of imidazole rings is 1. The van der Waals surface area contributed by atoms with Gasteiger partial charge in [-0.05, 0) is 43.5 Å². The Hall–Kier alpha value is -3.06. The van der Waals surface area contributed by atoms with Crippen molar-refractivity contribution in [2.75, 3.05) is 26.8 Å². The first-order valence-corrected chi connectivity index (χ1v) is 10.9. The van der Waals surface area contributed by atoms with Gasteiger partial charge in [-0.2, -0.15) is 0 Å². The Kier molecular flexibility index (Phi) is 7.04. The van der Waals surface area contributed by atoms with Crippen LogP contribution in [0.25, 0.3) is 5.65 Å². The van der Waals surface area contributed by atoms with Crippen molar-refractivity contribution in [3.63, 3.8) is 0 Å². The molecule has 1 unspecified atom stereocenters. The SMILES string of the molecule is CN=C(NCCc1cn2ccccc2n1)NCc1ccc(C)cc1OCC1CCCO1. The highest BCUT2D eigenvalue weighted by molar-refractivity contribution is 5.79. The number of guanidine groups is 1. The van der Waals surface area contributed by atoms with Gasteiger partial charge in [0.1, 0.15) is 18.0 Å². The number of hydrogen-bond donors (Lipinski definition) is 2. The Morgan fingerprint density at radius 3 is 3.03 bits per heavy atom. The van der Waals surface area contributed by atoms with Crippen LogP contribution in [0.5, 0.6) is 5.75 Å². The summed E-state index contributed by atoms with van der Waals surface area (Å²) in [4.78, 5) is 8.98. The van der Waals surface area contributed by atoms with Gasteiger partial charge in [0.2, 0.25) is 0 Å². The molecule has 0 amide bonds. The van der Waals surface area contributed by atoms with E-state index in [2.05, 4.69) is 51.9 Å². The minimum absolute atomic E-state index is 0.204. The van der Waals surface area contributed by atoms with E-state index in [0.29, 0.717) is 13.2 Å². The molecule has 3 aromatic rings. The number of hydrogen-bond acceptors (Lipinski definition) is 4. The van der Waals surface area contributed by atoms with E-state index in [9.17, 15) is 0 Å². The maximum absolute atomic E-state index is 6.10. The Labute approximate surface area is 183 Å². The van der Waals surface area contributed by atoms with E-state index in [1.807, 2.05) is 28.8 Å². The van der Waals surface area contributed by atoms with Crippen LogP contribution < -0.4 is 15.4 Å². The molecule has 7 heteroatoms. The molecule has 1 saturated heterocycles. The molecule has 0 aliphatic carbocycles. The molecule has 0 saturated carbocycles. The van der Waals surface area contributed by atoms with E-state index in [4.69, 9.17) is 9.47 Å². The average Bonchev–Trinajstić information content (AvgIpc) is 3.45. The zero-order chi connectivity index (χ0) is 21.5. The van der Waals surface area contributed by atoms with Gasteiger partial charge in [0.05, 0.1) is 11.8 Å². The van der Waals surface area contributed by atoms with Crippen molar-refractivity contribution in [1.29, 1.82) is 0 Å². The summed E-state index contributed by atoms with van der Waals surface area (Å²) >= 11 is 0. The lowest BCUT2D eigenvalue weighted by atomic mass is 10.1. The molecular formula is C24H31N5O2. The normalized spacial score (nSPS) is 16.6. The van der Waals surface area contributed by atoms with Gasteiger partial charge >= 0.3 is 0 Å². The molecular weight excluding hydrogens is 390 g/mol. The van der Waals surface area contributed by atoms with Crippen LogP contribution >= 0.6 is 0 Å². The third-order valence-electron chi connectivity index (χ3n) is 5.43. The van der Waals surface area contributed by atoms with Crippen molar-refractivity contribution in [3.8, 4) is 5.75 Å². The second kappa shape index (κ2) is 10.3. The predicted molar refractivity (Wildman–Crippen MR) is 123 cm³/mol. The van der Waals surface area contributed by atoms with Crippen LogP contribution in [-0.2, 0) is 17.7 Å². The van der Waals surface area contributed by atoms with Crippen LogP contribution in [0.2, 0.25) is 0 Å². The lowest BCUT2D eigenvalue weighted by Gasteiger charge is -2.17. The lowest BCUT2D eigenvalue weighted by Crippen LogP contribution is -2.38. The topological polar surface area (TPSA) is 72.2 Å². The highest BCUT2D eigenvalue weighted by atomic mass is 16.5. The summed E-state index contributed by atoms with van der Waals surface area (Å²) in [5, 5.41) is 6.76. The summed E-state index contributed by atoms with van der Waals surface area (Å²) in [5.41, 5.74) is 4.31. The monoisotopic (exact) mass is 421 g/mol. The van der Waals surface area contributed by atoms with Crippen molar-refractivity contribution >= 4 is 11.6 Å². The summed E-state index contributed by atoms with van der Waals surface area (Å²) in [6.07, 6.45) is 7.30. The maximum atomic E-state index is 6.10. The van der Waals surface area contributed by atoms with Crippen molar-refractivity contribution in [1.82, 2.24) is 20.0 Å². The van der Waals surface area contributed by atoms with Crippen LogP contribution in [0, 0.1) is 6.92 Å². The molecule has 4 rings (SSSR count). The number of rotatable bonds is 8. The fourth-order valence-electron chi connectivity index (χ4n) is 3.72. The van der Waals surface area contributed by atoms with Crippen LogP contribution in [0.15, 0.2) is 53.8 Å². The molecule has 3 heterocycles. The summed E-state index contributed by atoms with van der Waals surface area (Å²) in [5.74, 6) is 1.66. The second-order valence-electron chi connectivity index (χ2n) is 7.86. The van der Waals surface area contributed by atoms with Crippen LogP contribution in [-0.4, -0.2) is 48.3 Å². The summed E-state index contributed by atoms with van der Waals surface area (Å²) in [6, 6.07) is 12.3. The Morgan fingerprint density at radius 1 is 1.29 bits per heavy atom. The number of ether oxygens (including phenoxy) is 2. The number of fused-ring (bicyclic) bond motifs is 1.